The zero-order chi connectivity index (χ0) is 9.23. The van der Waals surface area contributed by atoms with Crippen molar-refractivity contribution in [3.8, 4) is 0 Å². The summed E-state index contributed by atoms with van der Waals surface area (Å²) in [6.45, 7) is 8.23. The molecule has 0 aromatic rings. The highest BCUT2D eigenvalue weighted by Crippen LogP contribution is 2.08. The first-order chi connectivity index (χ1) is 5.81. The van der Waals surface area contributed by atoms with Gasteiger partial charge in [0.2, 0.25) is 0 Å². The average Bonchev–Trinajstić information content (AvgIpc) is 2.05. The first kappa shape index (κ1) is 11.5. The molecule has 0 spiro atoms. The van der Waals surface area contributed by atoms with Crippen molar-refractivity contribution in [1.29, 1.82) is 0 Å². The predicted octanol–water partition coefficient (Wildman–Crippen LogP) is 4.34. The summed E-state index contributed by atoms with van der Waals surface area (Å²) in [5.41, 5.74) is 0. The maximum Gasteiger partial charge on any atom is -0.0322 e. The molecule has 0 N–H and O–H groups in total. The zero-order valence-electron chi connectivity index (χ0n) is 8.55. The molecule has 0 aliphatic heterocycles. The van der Waals surface area contributed by atoms with E-state index in [9.17, 15) is 0 Å². The van der Waals surface area contributed by atoms with Crippen LogP contribution in [0.2, 0.25) is 0 Å². The topological polar surface area (TPSA) is 0 Å². The lowest BCUT2D eigenvalue weighted by Crippen LogP contribution is -1.88. The Labute approximate surface area is 77.4 Å². The van der Waals surface area contributed by atoms with Crippen LogP contribution in [0, 0.1) is 5.92 Å². The molecule has 0 radical (unpaired) electrons. The fraction of sp³-hybridized carbons (Fsp3) is 0.667. The van der Waals surface area contributed by atoms with Crippen molar-refractivity contribution in [1.82, 2.24) is 0 Å². The van der Waals surface area contributed by atoms with E-state index in [0.717, 1.165) is 12.3 Å². The van der Waals surface area contributed by atoms with Crippen LogP contribution in [0.4, 0.5) is 0 Å². The molecule has 70 valence electrons. The first-order valence-electron chi connectivity index (χ1n) is 5.07. The molecule has 0 aliphatic carbocycles. The van der Waals surface area contributed by atoms with Crippen molar-refractivity contribution in [2.24, 2.45) is 5.92 Å². The van der Waals surface area contributed by atoms with Crippen molar-refractivity contribution in [2.75, 3.05) is 0 Å². The van der Waals surface area contributed by atoms with Crippen LogP contribution in [0.1, 0.15) is 46.0 Å². The molecule has 0 saturated carbocycles. The SMILES string of the molecule is C=CCC(C)C/C=C/CCCC. The van der Waals surface area contributed by atoms with Gasteiger partial charge in [0.15, 0.2) is 0 Å². The summed E-state index contributed by atoms with van der Waals surface area (Å²) < 4.78 is 0. The Hall–Kier alpha value is -0.520. The van der Waals surface area contributed by atoms with E-state index in [1.54, 1.807) is 0 Å². The Morgan fingerprint density at radius 1 is 1.25 bits per heavy atom. The fourth-order valence-corrected chi connectivity index (χ4v) is 1.15. The third kappa shape index (κ3) is 7.59. The maximum absolute atomic E-state index is 3.73. The predicted molar refractivity (Wildman–Crippen MR) is 57.3 cm³/mol. The minimum atomic E-state index is 0.764. The van der Waals surface area contributed by atoms with Crippen LogP contribution >= 0.6 is 0 Å². The van der Waals surface area contributed by atoms with Crippen LogP contribution in [-0.4, -0.2) is 0 Å². The van der Waals surface area contributed by atoms with Gasteiger partial charge in [-0.15, -0.1) is 6.58 Å². The highest BCUT2D eigenvalue weighted by Gasteiger charge is 1.93. The molecule has 1 unspecified atom stereocenters. The minimum absolute atomic E-state index is 0.764. The highest BCUT2D eigenvalue weighted by atomic mass is 14.0. The molecule has 0 heteroatoms. The summed E-state index contributed by atoms with van der Waals surface area (Å²) in [6, 6.07) is 0. The second-order valence-corrected chi connectivity index (χ2v) is 3.48. The van der Waals surface area contributed by atoms with Gasteiger partial charge in [-0.2, -0.15) is 0 Å². The Kier molecular flexibility index (Phi) is 8.20. The van der Waals surface area contributed by atoms with E-state index in [0.29, 0.717) is 0 Å². The van der Waals surface area contributed by atoms with Gasteiger partial charge in [0.25, 0.3) is 0 Å². The third-order valence-corrected chi connectivity index (χ3v) is 2.00. The molecule has 0 aliphatic rings. The van der Waals surface area contributed by atoms with Gasteiger partial charge in [0.05, 0.1) is 0 Å². The van der Waals surface area contributed by atoms with Crippen molar-refractivity contribution in [2.45, 2.75) is 46.0 Å². The molecule has 12 heavy (non-hydrogen) atoms. The van der Waals surface area contributed by atoms with Gasteiger partial charge < -0.3 is 0 Å². The molecule has 0 rings (SSSR count). The van der Waals surface area contributed by atoms with Crippen molar-refractivity contribution in [3.05, 3.63) is 24.8 Å². The smallest absolute Gasteiger partial charge is 0.0322 e. The Bertz CT molecular complexity index is 122. The number of hydrogen-bond acceptors (Lipinski definition) is 0. The molecular weight excluding hydrogens is 144 g/mol. The normalized spacial score (nSPS) is 13.5. The van der Waals surface area contributed by atoms with E-state index in [4.69, 9.17) is 0 Å². The van der Waals surface area contributed by atoms with Crippen LogP contribution in [0.3, 0.4) is 0 Å². The zero-order valence-corrected chi connectivity index (χ0v) is 8.55. The van der Waals surface area contributed by atoms with Gasteiger partial charge in [0, 0.05) is 0 Å². The largest absolute Gasteiger partial charge is 0.103 e. The average molecular weight is 166 g/mol. The quantitative estimate of drug-likeness (QED) is 0.390. The fourth-order valence-electron chi connectivity index (χ4n) is 1.15. The van der Waals surface area contributed by atoms with E-state index < -0.39 is 0 Å². The molecule has 0 aromatic carbocycles. The summed E-state index contributed by atoms with van der Waals surface area (Å²) in [7, 11) is 0. The summed E-state index contributed by atoms with van der Waals surface area (Å²) in [4.78, 5) is 0. The van der Waals surface area contributed by atoms with E-state index in [1.165, 1.54) is 25.7 Å². The molecule has 0 saturated heterocycles. The molecule has 0 fully saturated rings. The summed E-state index contributed by atoms with van der Waals surface area (Å²) in [6.07, 6.45) is 12.8. The molecule has 0 bridgehead atoms. The van der Waals surface area contributed by atoms with Gasteiger partial charge in [-0.3, -0.25) is 0 Å². The number of unbranched alkanes of at least 4 members (excludes halogenated alkanes) is 2. The van der Waals surface area contributed by atoms with E-state index in [2.05, 4.69) is 32.6 Å². The summed E-state index contributed by atoms with van der Waals surface area (Å²) in [5, 5.41) is 0. The molecule has 0 aromatic heterocycles. The Morgan fingerprint density at radius 2 is 2.00 bits per heavy atom. The molecule has 0 amide bonds. The Balaban J connectivity index is 3.26. The van der Waals surface area contributed by atoms with Gasteiger partial charge in [0.1, 0.15) is 0 Å². The first-order valence-corrected chi connectivity index (χ1v) is 5.07. The number of rotatable bonds is 7. The van der Waals surface area contributed by atoms with Crippen LogP contribution in [-0.2, 0) is 0 Å². The minimum Gasteiger partial charge on any atom is -0.103 e. The monoisotopic (exact) mass is 166 g/mol. The lowest BCUT2D eigenvalue weighted by molar-refractivity contribution is 0.602. The van der Waals surface area contributed by atoms with Crippen LogP contribution in [0.15, 0.2) is 24.8 Å². The summed E-state index contributed by atoms with van der Waals surface area (Å²) in [5.74, 6) is 0.764. The molecule has 1 atom stereocenters. The van der Waals surface area contributed by atoms with Crippen molar-refractivity contribution < 1.29 is 0 Å². The number of allylic oxidation sites excluding steroid dienone is 3. The third-order valence-electron chi connectivity index (χ3n) is 2.00. The van der Waals surface area contributed by atoms with E-state index in [1.807, 2.05) is 6.08 Å². The summed E-state index contributed by atoms with van der Waals surface area (Å²) >= 11 is 0. The lowest BCUT2D eigenvalue weighted by Gasteiger charge is -2.02. The van der Waals surface area contributed by atoms with Gasteiger partial charge in [-0.25, -0.2) is 0 Å². The second-order valence-electron chi connectivity index (χ2n) is 3.48. The van der Waals surface area contributed by atoms with Crippen LogP contribution in [0.25, 0.3) is 0 Å². The van der Waals surface area contributed by atoms with Crippen LogP contribution in [0.5, 0.6) is 0 Å². The molecular formula is C12H22. The standard InChI is InChI=1S/C12H22/c1-4-6-7-8-9-11-12(3)10-5-2/h5,8-9,12H,2,4,6-7,10-11H2,1,3H3/b9-8+. The molecule has 0 heterocycles. The van der Waals surface area contributed by atoms with Crippen LogP contribution < -0.4 is 0 Å². The van der Waals surface area contributed by atoms with Crippen molar-refractivity contribution >= 4 is 0 Å². The second kappa shape index (κ2) is 8.58. The van der Waals surface area contributed by atoms with E-state index in [-0.39, 0.29) is 0 Å². The lowest BCUT2D eigenvalue weighted by atomic mass is 10.0. The van der Waals surface area contributed by atoms with Gasteiger partial charge in [-0.1, -0.05) is 44.9 Å². The van der Waals surface area contributed by atoms with Gasteiger partial charge >= 0.3 is 0 Å². The maximum atomic E-state index is 3.73. The highest BCUT2D eigenvalue weighted by molar-refractivity contribution is 4.84. The number of hydrogen-bond donors (Lipinski definition) is 0. The van der Waals surface area contributed by atoms with Crippen molar-refractivity contribution in [3.63, 3.8) is 0 Å². The van der Waals surface area contributed by atoms with E-state index >= 15 is 0 Å². The molecule has 0 nitrogen and oxygen atoms in total. The Morgan fingerprint density at radius 3 is 2.58 bits per heavy atom. The van der Waals surface area contributed by atoms with Gasteiger partial charge in [-0.05, 0) is 25.2 Å².